The van der Waals surface area contributed by atoms with E-state index in [1.165, 1.54) is 6.42 Å². The Balaban J connectivity index is 2.48. The van der Waals surface area contributed by atoms with E-state index in [1.54, 1.807) is 0 Å². The molecule has 1 aliphatic rings. The maximum Gasteiger partial charge on any atom is 0.303 e. The molecule has 1 saturated heterocycles. The zero-order chi connectivity index (χ0) is 12.1. The molecule has 0 saturated carbocycles. The SMILES string of the molecule is CCCN1CC(C)N(C)C(CCC(=O)O)C1. The molecule has 0 aromatic rings. The Labute approximate surface area is 98.2 Å². The summed E-state index contributed by atoms with van der Waals surface area (Å²) in [5, 5.41) is 8.73. The van der Waals surface area contributed by atoms with Crippen molar-refractivity contribution in [2.75, 3.05) is 26.7 Å². The number of rotatable bonds is 5. The zero-order valence-electron chi connectivity index (χ0n) is 10.6. The van der Waals surface area contributed by atoms with Crippen LogP contribution in [0.25, 0.3) is 0 Å². The first kappa shape index (κ1) is 13.5. The summed E-state index contributed by atoms with van der Waals surface area (Å²) in [5.41, 5.74) is 0. The van der Waals surface area contributed by atoms with Crippen molar-refractivity contribution < 1.29 is 9.90 Å². The Kier molecular flexibility index (Phi) is 5.22. The maximum atomic E-state index is 10.6. The number of carbonyl (C=O) groups is 1. The van der Waals surface area contributed by atoms with Crippen LogP contribution < -0.4 is 0 Å². The number of hydrogen-bond donors (Lipinski definition) is 1. The third kappa shape index (κ3) is 3.76. The van der Waals surface area contributed by atoms with Gasteiger partial charge in [-0.15, -0.1) is 0 Å². The molecule has 16 heavy (non-hydrogen) atoms. The number of carboxylic acid groups (broad SMARTS) is 1. The van der Waals surface area contributed by atoms with Crippen molar-refractivity contribution in [3.8, 4) is 0 Å². The first-order valence-electron chi connectivity index (χ1n) is 6.20. The predicted octanol–water partition coefficient (Wildman–Crippen LogP) is 1.27. The van der Waals surface area contributed by atoms with Gasteiger partial charge in [0.25, 0.3) is 0 Å². The van der Waals surface area contributed by atoms with Crippen molar-refractivity contribution in [3.05, 3.63) is 0 Å². The number of likely N-dealkylation sites (N-methyl/N-ethyl adjacent to an activating group) is 1. The van der Waals surface area contributed by atoms with E-state index in [1.807, 2.05) is 0 Å². The van der Waals surface area contributed by atoms with Crippen molar-refractivity contribution in [3.63, 3.8) is 0 Å². The highest BCUT2D eigenvalue weighted by atomic mass is 16.4. The summed E-state index contributed by atoms with van der Waals surface area (Å²) in [6.45, 7) is 7.66. The molecular formula is C12H24N2O2. The summed E-state index contributed by atoms with van der Waals surface area (Å²) < 4.78 is 0. The summed E-state index contributed by atoms with van der Waals surface area (Å²) >= 11 is 0. The minimum Gasteiger partial charge on any atom is -0.481 e. The van der Waals surface area contributed by atoms with E-state index in [-0.39, 0.29) is 6.42 Å². The highest BCUT2D eigenvalue weighted by molar-refractivity contribution is 5.66. The van der Waals surface area contributed by atoms with Crippen LogP contribution in [0.1, 0.15) is 33.1 Å². The fraction of sp³-hybridized carbons (Fsp3) is 0.917. The van der Waals surface area contributed by atoms with Crippen LogP contribution in [0.15, 0.2) is 0 Å². The van der Waals surface area contributed by atoms with Gasteiger partial charge >= 0.3 is 5.97 Å². The fourth-order valence-corrected chi connectivity index (χ4v) is 2.45. The number of hydrogen-bond acceptors (Lipinski definition) is 3. The fourth-order valence-electron chi connectivity index (χ4n) is 2.45. The van der Waals surface area contributed by atoms with Crippen LogP contribution in [-0.2, 0) is 4.79 Å². The summed E-state index contributed by atoms with van der Waals surface area (Å²) in [6, 6.07) is 0.922. The van der Waals surface area contributed by atoms with Crippen LogP contribution in [0.5, 0.6) is 0 Å². The smallest absolute Gasteiger partial charge is 0.303 e. The van der Waals surface area contributed by atoms with E-state index in [0.717, 1.165) is 26.1 Å². The lowest BCUT2D eigenvalue weighted by Gasteiger charge is -2.43. The normalized spacial score (nSPS) is 28.2. The highest BCUT2D eigenvalue weighted by Crippen LogP contribution is 2.17. The number of nitrogens with zero attached hydrogens (tertiary/aromatic N) is 2. The largest absolute Gasteiger partial charge is 0.481 e. The van der Waals surface area contributed by atoms with Gasteiger partial charge in [0, 0.05) is 31.6 Å². The second-order valence-corrected chi connectivity index (χ2v) is 4.86. The van der Waals surface area contributed by atoms with Gasteiger partial charge in [0.15, 0.2) is 0 Å². The molecule has 0 aromatic carbocycles. The molecule has 1 rings (SSSR count). The molecule has 0 spiro atoms. The van der Waals surface area contributed by atoms with E-state index in [4.69, 9.17) is 5.11 Å². The molecular weight excluding hydrogens is 204 g/mol. The minimum absolute atomic E-state index is 0.279. The molecule has 1 heterocycles. The average Bonchev–Trinajstić information content (AvgIpc) is 2.21. The van der Waals surface area contributed by atoms with E-state index >= 15 is 0 Å². The summed E-state index contributed by atoms with van der Waals surface area (Å²) in [5.74, 6) is -0.686. The molecule has 0 amide bonds. The quantitative estimate of drug-likeness (QED) is 0.769. The predicted molar refractivity (Wildman–Crippen MR) is 64.6 cm³/mol. The lowest BCUT2D eigenvalue weighted by molar-refractivity contribution is -0.137. The Morgan fingerprint density at radius 2 is 2.12 bits per heavy atom. The standard InChI is InChI=1S/C12H24N2O2/c1-4-7-14-8-10(2)13(3)11(9-14)5-6-12(15)16/h10-11H,4-9H2,1-3H3,(H,15,16). The van der Waals surface area contributed by atoms with Crippen molar-refractivity contribution >= 4 is 5.97 Å². The Morgan fingerprint density at radius 1 is 1.44 bits per heavy atom. The van der Waals surface area contributed by atoms with Gasteiger partial charge in [-0.05, 0) is 33.4 Å². The average molecular weight is 228 g/mol. The van der Waals surface area contributed by atoms with Gasteiger partial charge in [-0.3, -0.25) is 9.69 Å². The van der Waals surface area contributed by atoms with Gasteiger partial charge in [0.1, 0.15) is 0 Å². The first-order chi connectivity index (χ1) is 7.54. The van der Waals surface area contributed by atoms with Crippen LogP contribution in [0.3, 0.4) is 0 Å². The van der Waals surface area contributed by atoms with E-state index in [0.29, 0.717) is 12.1 Å². The van der Waals surface area contributed by atoms with Gasteiger partial charge in [0.05, 0.1) is 0 Å². The highest BCUT2D eigenvalue weighted by Gasteiger charge is 2.28. The third-order valence-corrected chi connectivity index (χ3v) is 3.49. The number of carboxylic acids is 1. The Hall–Kier alpha value is -0.610. The monoisotopic (exact) mass is 228 g/mol. The summed E-state index contributed by atoms with van der Waals surface area (Å²) in [7, 11) is 2.11. The molecule has 2 atom stereocenters. The molecule has 4 heteroatoms. The van der Waals surface area contributed by atoms with Crippen LogP contribution in [-0.4, -0.2) is 59.6 Å². The van der Waals surface area contributed by atoms with Crippen molar-refractivity contribution in [1.82, 2.24) is 9.80 Å². The Bertz CT molecular complexity index is 233. The molecule has 0 bridgehead atoms. The van der Waals surface area contributed by atoms with Crippen LogP contribution in [0.2, 0.25) is 0 Å². The van der Waals surface area contributed by atoms with E-state index in [9.17, 15) is 4.79 Å². The molecule has 94 valence electrons. The lowest BCUT2D eigenvalue weighted by atomic mass is 10.0. The van der Waals surface area contributed by atoms with E-state index < -0.39 is 5.97 Å². The van der Waals surface area contributed by atoms with Crippen LogP contribution in [0.4, 0.5) is 0 Å². The lowest BCUT2D eigenvalue weighted by Crippen LogP contribution is -2.56. The molecule has 1 fully saturated rings. The van der Waals surface area contributed by atoms with Crippen molar-refractivity contribution in [2.45, 2.75) is 45.2 Å². The number of piperazine rings is 1. The molecule has 1 aliphatic heterocycles. The van der Waals surface area contributed by atoms with E-state index in [2.05, 4.69) is 30.7 Å². The van der Waals surface area contributed by atoms with Gasteiger partial charge in [-0.25, -0.2) is 0 Å². The number of aliphatic carboxylic acids is 1. The van der Waals surface area contributed by atoms with Crippen LogP contribution >= 0.6 is 0 Å². The van der Waals surface area contributed by atoms with Crippen LogP contribution in [0, 0.1) is 0 Å². The molecule has 1 N–H and O–H groups in total. The minimum atomic E-state index is -0.686. The van der Waals surface area contributed by atoms with Gasteiger partial charge < -0.3 is 10.0 Å². The molecule has 0 aromatic heterocycles. The second-order valence-electron chi connectivity index (χ2n) is 4.86. The molecule has 4 nitrogen and oxygen atoms in total. The zero-order valence-corrected chi connectivity index (χ0v) is 10.6. The molecule has 0 radical (unpaired) electrons. The third-order valence-electron chi connectivity index (χ3n) is 3.49. The van der Waals surface area contributed by atoms with Gasteiger partial charge in [-0.2, -0.15) is 0 Å². The molecule has 2 unspecified atom stereocenters. The second kappa shape index (κ2) is 6.21. The molecule has 0 aliphatic carbocycles. The first-order valence-corrected chi connectivity index (χ1v) is 6.20. The summed E-state index contributed by atoms with van der Waals surface area (Å²) in [4.78, 5) is 15.4. The van der Waals surface area contributed by atoms with Crippen molar-refractivity contribution in [1.29, 1.82) is 0 Å². The van der Waals surface area contributed by atoms with Crippen molar-refractivity contribution in [2.24, 2.45) is 0 Å². The van der Waals surface area contributed by atoms with Gasteiger partial charge in [0.2, 0.25) is 0 Å². The Morgan fingerprint density at radius 3 is 2.69 bits per heavy atom. The van der Waals surface area contributed by atoms with Gasteiger partial charge in [-0.1, -0.05) is 6.92 Å². The topological polar surface area (TPSA) is 43.8 Å². The summed E-state index contributed by atoms with van der Waals surface area (Å²) in [6.07, 6.45) is 2.21. The maximum absolute atomic E-state index is 10.6.